The Kier molecular flexibility index (Phi) is 6.42. The molecule has 0 spiro atoms. The van der Waals surface area contributed by atoms with Crippen LogP contribution in [0.3, 0.4) is 0 Å². The molecule has 0 aliphatic heterocycles. The Hall–Kier alpha value is -0.690. The fourth-order valence-electron chi connectivity index (χ4n) is 1.24. The minimum Gasteiger partial charge on any atom is -0.394 e. The van der Waals surface area contributed by atoms with Crippen LogP contribution in [-0.4, -0.2) is 59.3 Å². The highest BCUT2D eigenvalue weighted by Gasteiger charge is 2.30. The first-order chi connectivity index (χ1) is 6.93. The van der Waals surface area contributed by atoms with E-state index in [2.05, 4.69) is 5.32 Å². The number of carbonyl (C=O) groups is 1. The first-order valence-electron chi connectivity index (χ1n) is 4.70. The Bertz CT molecular complexity index is 195. The molecule has 0 fully saturated rings. The van der Waals surface area contributed by atoms with E-state index in [9.17, 15) is 15.0 Å². The van der Waals surface area contributed by atoms with Crippen LogP contribution in [0.4, 0.5) is 0 Å². The van der Waals surface area contributed by atoms with Crippen LogP contribution in [0.25, 0.3) is 0 Å². The molecule has 0 rings (SSSR count). The third kappa shape index (κ3) is 4.57. The minimum absolute atomic E-state index is 0.299. The number of aliphatic hydroxyl groups excluding tert-OH is 3. The van der Waals surface area contributed by atoms with Gasteiger partial charge in [0.15, 0.2) is 0 Å². The van der Waals surface area contributed by atoms with Crippen molar-refractivity contribution in [3.8, 4) is 0 Å². The van der Waals surface area contributed by atoms with E-state index >= 15 is 0 Å². The van der Waals surface area contributed by atoms with E-state index < -0.39 is 31.0 Å². The largest absolute Gasteiger partial charge is 0.394 e. The van der Waals surface area contributed by atoms with Crippen molar-refractivity contribution in [3.05, 3.63) is 0 Å². The highest BCUT2D eigenvalue weighted by atomic mass is 16.5. The van der Waals surface area contributed by atoms with Crippen LogP contribution in [0.1, 0.15) is 13.8 Å². The van der Waals surface area contributed by atoms with E-state index in [1.54, 1.807) is 6.92 Å². The van der Waals surface area contributed by atoms with Crippen LogP contribution >= 0.6 is 0 Å². The third-order valence-corrected chi connectivity index (χ3v) is 2.16. The van der Waals surface area contributed by atoms with Gasteiger partial charge in [0.05, 0.1) is 12.6 Å². The fraction of sp³-hybridized carbons (Fsp3) is 0.889. The predicted octanol–water partition coefficient (Wildman–Crippen LogP) is -1.76. The van der Waals surface area contributed by atoms with E-state index in [1.165, 1.54) is 14.0 Å². The summed E-state index contributed by atoms with van der Waals surface area (Å²) in [6.07, 6.45) is -3.30. The predicted molar refractivity (Wildman–Crippen MR) is 53.2 cm³/mol. The summed E-state index contributed by atoms with van der Waals surface area (Å²) >= 11 is 0. The maximum Gasteiger partial charge on any atom is 0.217 e. The summed E-state index contributed by atoms with van der Waals surface area (Å²) in [5.74, 6) is -0.299. The average molecular weight is 221 g/mol. The van der Waals surface area contributed by atoms with Gasteiger partial charge in [-0.2, -0.15) is 0 Å². The van der Waals surface area contributed by atoms with Gasteiger partial charge in [-0.3, -0.25) is 4.79 Å². The van der Waals surface area contributed by atoms with E-state index in [-0.39, 0.29) is 5.91 Å². The molecule has 0 heterocycles. The lowest BCUT2D eigenvalue weighted by atomic mass is 10.0. The first kappa shape index (κ1) is 14.3. The fourth-order valence-corrected chi connectivity index (χ4v) is 1.24. The molecular weight excluding hydrogens is 202 g/mol. The molecule has 6 nitrogen and oxygen atoms in total. The summed E-state index contributed by atoms with van der Waals surface area (Å²) in [7, 11) is 1.32. The van der Waals surface area contributed by atoms with Gasteiger partial charge in [-0.15, -0.1) is 0 Å². The molecule has 0 aromatic rings. The molecule has 0 aliphatic rings. The van der Waals surface area contributed by atoms with Crippen molar-refractivity contribution in [2.75, 3.05) is 13.7 Å². The molecule has 0 aliphatic carbocycles. The summed E-state index contributed by atoms with van der Waals surface area (Å²) < 4.78 is 4.76. The van der Waals surface area contributed by atoms with Crippen LogP contribution in [0, 0.1) is 0 Å². The van der Waals surface area contributed by atoms with Gasteiger partial charge in [-0.05, 0) is 6.92 Å². The van der Waals surface area contributed by atoms with Crippen molar-refractivity contribution in [2.24, 2.45) is 0 Å². The molecular formula is C9H19NO5. The third-order valence-electron chi connectivity index (χ3n) is 2.16. The van der Waals surface area contributed by atoms with Crippen LogP contribution in [0.2, 0.25) is 0 Å². The van der Waals surface area contributed by atoms with E-state index in [1.807, 2.05) is 0 Å². The molecule has 0 saturated carbocycles. The van der Waals surface area contributed by atoms with E-state index in [0.29, 0.717) is 0 Å². The normalized spacial score (nSPS) is 19.1. The summed E-state index contributed by atoms with van der Waals surface area (Å²) in [4.78, 5) is 10.7. The molecule has 1 amide bonds. The number of rotatable bonds is 6. The molecule has 0 saturated heterocycles. The second-order valence-electron chi connectivity index (χ2n) is 3.43. The van der Waals surface area contributed by atoms with Gasteiger partial charge in [-0.25, -0.2) is 0 Å². The minimum atomic E-state index is -1.25. The Morgan fingerprint density at radius 1 is 1.40 bits per heavy atom. The highest BCUT2D eigenvalue weighted by Crippen LogP contribution is 2.07. The smallest absolute Gasteiger partial charge is 0.217 e. The number of carbonyl (C=O) groups excluding carboxylic acids is 1. The second-order valence-corrected chi connectivity index (χ2v) is 3.43. The zero-order chi connectivity index (χ0) is 12.0. The van der Waals surface area contributed by atoms with Crippen LogP contribution < -0.4 is 5.32 Å². The lowest BCUT2D eigenvalue weighted by Gasteiger charge is -2.28. The van der Waals surface area contributed by atoms with Crippen molar-refractivity contribution in [3.63, 3.8) is 0 Å². The molecule has 6 heteroatoms. The van der Waals surface area contributed by atoms with Gasteiger partial charge in [0.2, 0.25) is 5.91 Å². The van der Waals surface area contributed by atoms with Gasteiger partial charge in [-0.1, -0.05) is 0 Å². The molecule has 0 aromatic carbocycles. The molecule has 15 heavy (non-hydrogen) atoms. The summed E-state index contributed by atoms with van der Waals surface area (Å²) in [5.41, 5.74) is 0. The molecule has 0 bridgehead atoms. The Morgan fingerprint density at radius 3 is 2.27 bits per heavy atom. The van der Waals surface area contributed by atoms with Gasteiger partial charge in [0, 0.05) is 14.0 Å². The first-order valence-corrected chi connectivity index (χ1v) is 4.70. The topological polar surface area (TPSA) is 99.0 Å². The van der Waals surface area contributed by atoms with Crippen molar-refractivity contribution in [1.82, 2.24) is 5.32 Å². The molecule has 4 N–H and O–H groups in total. The van der Waals surface area contributed by atoms with Crippen LogP contribution in [0.15, 0.2) is 0 Å². The average Bonchev–Trinajstić information content (AvgIpc) is 2.17. The Balaban J connectivity index is 4.28. The summed E-state index contributed by atoms with van der Waals surface area (Å²) in [5, 5.41) is 30.5. The van der Waals surface area contributed by atoms with Crippen LogP contribution in [0.5, 0.6) is 0 Å². The lowest BCUT2D eigenvalue weighted by molar-refractivity contribution is -0.124. The van der Waals surface area contributed by atoms with Gasteiger partial charge in [0.1, 0.15) is 18.3 Å². The van der Waals surface area contributed by atoms with Crippen molar-refractivity contribution >= 4 is 5.91 Å². The quantitative estimate of drug-likeness (QED) is 0.426. The molecule has 0 radical (unpaired) electrons. The monoisotopic (exact) mass is 221 g/mol. The Labute approximate surface area is 88.9 Å². The summed E-state index contributed by atoms with van der Waals surface area (Å²) in [6, 6.07) is -0.610. The zero-order valence-electron chi connectivity index (χ0n) is 9.17. The van der Waals surface area contributed by atoms with E-state index in [0.717, 1.165) is 0 Å². The maximum atomic E-state index is 10.7. The lowest BCUT2D eigenvalue weighted by Crippen LogP contribution is -2.51. The van der Waals surface area contributed by atoms with Gasteiger partial charge < -0.3 is 25.4 Å². The Morgan fingerprint density at radius 2 is 1.93 bits per heavy atom. The van der Waals surface area contributed by atoms with E-state index in [4.69, 9.17) is 9.84 Å². The molecule has 0 aromatic heterocycles. The number of hydrogen-bond donors (Lipinski definition) is 4. The van der Waals surface area contributed by atoms with Crippen molar-refractivity contribution < 1.29 is 24.9 Å². The number of hydrogen-bond acceptors (Lipinski definition) is 5. The standard InChI is InChI=1S/C9H19NO5/c1-5(10-6(2)12)8(13)9(14)7(4-11)15-3/h5,7-9,11,13-14H,4H2,1-3H3,(H,10,12)/t5-,7?,8?,9?/m1/s1. The van der Waals surface area contributed by atoms with Crippen molar-refractivity contribution in [2.45, 2.75) is 38.2 Å². The molecule has 4 atom stereocenters. The number of methoxy groups -OCH3 is 1. The number of ether oxygens (including phenoxy) is 1. The highest BCUT2D eigenvalue weighted by molar-refractivity contribution is 5.73. The number of nitrogens with one attached hydrogen (secondary N) is 1. The maximum absolute atomic E-state index is 10.7. The SMILES string of the molecule is COC(CO)C(O)C(O)[C@@H](C)NC(C)=O. The summed E-state index contributed by atoms with van der Waals surface area (Å²) in [6.45, 7) is 2.47. The molecule has 3 unspecified atom stereocenters. The number of amides is 1. The van der Waals surface area contributed by atoms with Gasteiger partial charge in [0.25, 0.3) is 0 Å². The second kappa shape index (κ2) is 6.73. The zero-order valence-corrected chi connectivity index (χ0v) is 9.17. The molecule has 90 valence electrons. The van der Waals surface area contributed by atoms with Crippen molar-refractivity contribution in [1.29, 1.82) is 0 Å². The number of aliphatic hydroxyl groups is 3. The van der Waals surface area contributed by atoms with Crippen LogP contribution in [-0.2, 0) is 9.53 Å². The van der Waals surface area contributed by atoms with Gasteiger partial charge >= 0.3 is 0 Å².